The summed E-state index contributed by atoms with van der Waals surface area (Å²) >= 11 is 5.87. The van der Waals surface area contributed by atoms with Crippen molar-refractivity contribution in [3.8, 4) is 0 Å². The lowest BCUT2D eigenvalue weighted by Crippen LogP contribution is -2.30. The van der Waals surface area contributed by atoms with Crippen molar-refractivity contribution in [1.82, 2.24) is 0 Å². The minimum atomic E-state index is 0.542. The third-order valence-corrected chi connectivity index (χ3v) is 3.21. The minimum absolute atomic E-state index is 0.542. The van der Waals surface area contributed by atoms with Gasteiger partial charge in [-0.05, 0) is 43.5 Å². The molecular formula is C13H16ClN. The van der Waals surface area contributed by atoms with Gasteiger partial charge in [0.15, 0.2) is 0 Å². The van der Waals surface area contributed by atoms with E-state index in [1.165, 1.54) is 24.9 Å². The van der Waals surface area contributed by atoms with Crippen LogP contribution in [0.1, 0.15) is 19.3 Å². The van der Waals surface area contributed by atoms with Gasteiger partial charge in [-0.25, -0.2) is 0 Å². The second-order valence-corrected chi connectivity index (χ2v) is 4.45. The number of hydrogen-bond acceptors (Lipinski definition) is 1. The average Bonchev–Trinajstić information content (AvgIpc) is 2.30. The lowest BCUT2D eigenvalue weighted by molar-refractivity contribution is 0.617. The number of nitrogens with zero attached hydrogens (tertiary/aromatic N) is 1. The van der Waals surface area contributed by atoms with Gasteiger partial charge in [0, 0.05) is 23.8 Å². The Morgan fingerprint density at radius 3 is 2.60 bits per heavy atom. The second-order valence-electron chi connectivity index (χ2n) is 4.01. The van der Waals surface area contributed by atoms with Gasteiger partial charge in [0.25, 0.3) is 0 Å². The minimum Gasteiger partial charge on any atom is -0.368 e. The Morgan fingerprint density at radius 1 is 1.27 bits per heavy atom. The molecule has 1 aliphatic rings. The highest BCUT2D eigenvalue weighted by atomic mass is 35.5. The summed E-state index contributed by atoms with van der Waals surface area (Å²) in [6.45, 7) is 0. The lowest BCUT2D eigenvalue weighted by Gasteiger charge is -2.29. The molecule has 1 nitrogen and oxygen atoms in total. The van der Waals surface area contributed by atoms with Gasteiger partial charge < -0.3 is 4.90 Å². The summed E-state index contributed by atoms with van der Waals surface area (Å²) in [6, 6.07) is 8.58. The molecule has 1 aliphatic carbocycles. The molecule has 15 heavy (non-hydrogen) atoms. The second kappa shape index (κ2) is 4.71. The summed E-state index contributed by atoms with van der Waals surface area (Å²) in [5, 5.41) is 0.798. The van der Waals surface area contributed by atoms with E-state index in [1.54, 1.807) is 0 Å². The van der Waals surface area contributed by atoms with Crippen LogP contribution in [0.2, 0.25) is 5.02 Å². The normalized spacial score (nSPS) is 20.3. The maximum Gasteiger partial charge on any atom is 0.0469 e. The highest BCUT2D eigenvalue weighted by molar-refractivity contribution is 6.30. The maximum atomic E-state index is 5.87. The lowest BCUT2D eigenvalue weighted by atomic mass is 10.0. The van der Waals surface area contributed by atoms with E-state index < -0.39 is 0 Å². The third-order valence-electron chi connectivity index (χ3n) is 2.96. The molecule has 0 saturated carbocycles. The number of benzene rings is 1. The van der Waals surface area contributed by atoms with Gasteiger partial charge >= 0.3 is 0 Å². The van der Waals surface area contributed by atoms with E-state index in [-0.39, 0.29) is 0 Å². The molecular weight excluding hydrogens is 206 g/mol. The van der Waals surface area contributed by atoms with E-state index in [4.69, 9.17) is 11.6 Å². The van der Waals surface area contributed by atoms with Crippen LogP contribution in [-0.2, 0) is 0 Å². The summed E-state index contributed by atoms with van der Waals surface area (Å²) in [5.74, 6) is 0. The van der Waals surface area contributed by atoms with Gasteiger partial charge in [0.2, 0.25) is 0 Å². The molecule has 0 saturated heterocycles. The first-order valence-electron chi connectivity index (χ1n) is 5.42. The number of anilines is 1. The smallest absolute Gasteiger partial charge is 0.0469 e. The number of rotatable bonds is 2. The molecule has 0 heterocycles. The SMILES string of the molecule is CN(c1ccc(Cl)cc1)C1C=CCCC1. The van der Waals surface area contributed by atoms with E-state index in [0.29, 0.717) is 6.04 Å². The maximum absolute atomic E-state index is 5.87. The Bertz CT molecular complexity index is 342. The Balaban J connectivity index is 2.12. The molecule has 0 radical (unpaired) electrons. The largest absolute Gasteiger partial charge is 0.368 e. The molecule has 2 heteroatoms. The van der Waals surface area contributed by atoms with E-state index in [1.807, 2.05) is 12.1 Å². The summed E-state index contributed by atoms with van der Waals surface area (Å²) in [7, 11) is 2.14. The predicted molar refractivity (Wildman–Crippen MR) is 66.6 cm³/mol. The van der Waals surface area contributed by atoms with Crippen molar-refractivity contribution in [2.45, 2.75) is 25.3 Å². The van der Waals surface area contributed by atoms with Crippen molar-refractivity contribution >= 4 is 17.3 Å². The molecule has 1 unspecified atom stereocenters. The molecule has 1 aromatic carbocycles. The first-order valence-corrected chi connectivity index (χ1v) is 5.80. The zero-order chi connectivity index (χ0) is 10.7. The fourth-order valence-electron chi connectivity index (χ4n) is 1.98. The van der Waals surface area contributed by atoms with Gasteiger partial charge in [-0.15, -0.1) is 0 Å². The molecule has 0 spiro atoms. The molecule has 0 N–H and O–H groups in total. The Hall–Kier alpha value is -0.950. The van der Waals surface area contributed by atoms with E-state index in [9.17, 15) is 0 Å². The molecule has 80 valence electrons. The highest BCUT2D eigenvalue weighted by Gasteiger charge is 2.13. The summed E-state index contributed by atoms with van der Waals surface area (Å²) in [6.07, 6.45) is 8.35. The van der Waals surface area contributed by atoms with Crippen molar-refractivity contribution in [3.05, 3.63) is 41.4 Å². The first kappa shape index (κ1) is 10.6. The molecule has 1 aromatic rings. The van der Waals surface area contributed by atoms with Crippen LogP contribution in [0.15, 0.2) is 36.4 Å². The Kier molecular flexibility index (Phi) is 3.32. The van der Waals surface area contributed by atoms with Crippen LogP contribution in [0.3, 0.4) is 0 Å². The summed E-state index contributed by atoms with van der Waals surface area (Å²) in [4.78, 5) is 2.31. The molecule has 0 fully saturated rings. The number of allylic oxidation sites excluding steroid dienone is 1. The van der Waals surface area contributed by atoms with Crippen LogP contribution < -0.4 is 4.90 Å². The molecule has 1 atom stereocenters. The van der Waals surface area contributed by atoms with E-state index >= 15 is 0 Å². The molecule has 2 rings (SSSR count). The van der Waals surface area contributed by atoms with Crippen molar-refractivity contribution in [2.24, 2.45) is 0 Å². The van der Waals surface area contributed by atoms with Gasteiger partial charge in [-0.2, -0.15) is 0 Å². The fourth-order valence-corrected chi connectivity index (χ4v) is 2.11. The van der Waals surface area contributed by atoms with Crippen LogP contribution in [0.4, 0.5) is 5.69 Å². The van der Waals surface area contributed by atoms with Crippen molar-refractivity contribution in [1.29, 1.82) is 0 Å². The average molecular weight is 222 g/mol. The van der Waals surface area contributed by atoms with Crippen LogP contribution in [0.25, 0.3) is 0 Å². The zero-order valence-electron chi connectivity index (χ0n) is 8.99. The van der Waals surface area contributed by atoms with Crippen molar-refractivity contribution in [3.63, 3.8) is 0 Å². The Labute approximate surface area is 96.4 Å². The summed E-state index contributed by atoms with van der Waals surface area (Å²) < 4.78 is 0. The van der Waals surface area contributed by atoms with Crippen molar-refractivity contribution < 1.29 is 0 Å². The molecule has 0 aliphatic heterocycles. The van der Waals surface area contributed by atoms with Crippen LogP contribution >= 0.6 is 11.6 Å². The summed E-state index contributed by atoms with van der Waals surface area (Å²) in [5.41, 5.74) is 1.23. The molecule has 0 amide bonds. The van der Waals surface area contributed by atoms with Crippen molar-refractivity contribution in [2.75, 3.05) is 11.9 Å². The van der Waals surface area contributed by atoms with Crippen LogP contribution in [0.5, 0.6) is 0 Å². The van der Waals surface area contributed by atoms with Gasteiger partial charge in [-0.3, -0.25) is 0 Å². The Morgan fingerprint density at radius 2 is 2.00 bits per heavy atom. The zero-order valence-corrected chi connectivity index (χ0v) is 9.74. The number of hydrogen-bond donors (Lipinski definition) is 0. The predicted octanol–water partition coefficient (Wildman–Crippen LogP) is 3.88. The topological polar surface area (TPSA) is 3.24 Å². The van der Waals surface area contributed by atoms with Crippen LogP contribution in [0, 0.1) is 0 Å². The van der Waals surface area contributed by atoms with Gasteiger partial charge in [-0.1, -0.05) is 23.8 Å². The number of halogens is 1. The molecule has 0 aromatic heterocycles. The standard InChI is InChI=1S/C13H16ClN/c1-15(12-5-3-2-4-6-12)13-9-7-11(14)8-10-13/h3,5,7-10,12H,2,4,6H2,1H3. The number of likely N-dealkylation sites (N-methyl/N-ethyl adjacent to an activating group) is 1. The first-order chi connectivity index (χ1) is 7.27. The van der Waals surface area contributed by atoms with Crippen LogP contribution in [-0.4, -0.2) is 13.1 Å². The van der Waals surface area contributed by atoms with Gasteiger partial charge in [0.05, 0.1) is 0 Å². The quantitative estimate of drug-likeness (QED) is 0.685. The monoisotopic (exact) mass is 221 g/mol. The highest BCUT2D eigenvalue weighted by Crippen LogP contribution is 2.23. The third kappa shape index (κ3) is 2.54. The van der Waals surface area contributed by atoms with Gasteiger partial charge in [0.1, 0.15) is 0 Å². The molecule has 0 bridgehead atoms. The fraction of sp³-hybridized carbons (Fsp3) is 0.385. The van der Waals surface area contributed by atoms with E-state index in [0.717, 1.165) is 5.02 Å². The van der Waals surface area contributed by atoms with E-state index in [2.05, 4.69) is 36.2 Å².